The van der Waals surface area contributed by atoms with Gasteiger partial charge in [0.25, 0.3) is 0 Å². The number of hydrogen-bond donors (Lipinski definition) is 1. The minimum Gasteiger partial charge on any atom is -0.469 e. The highest BCUT2D eigenvalue weighted by Gasteiger charge is 2.21. The topological polar surface area (TPSA) is 52.3 Å². The van der Waals surface area contributed by atoms with Crippen molar-refractivity contribution in [2.45, 2.75) is 5.92 Å². The Morgan fingerprint density at radius 1 is 1.57 bits per heavy atom. The number of carbonyl (C=O) groups is 1. The van der Waals surface area contributed by atoms with Crippen LogP contribution in [0, 0.1) is 0 Å². The van der Waals surface area contributed by atoms with Crippen molar-refractivity contribution in [2.75, 3.05) is 13.7 Å². The first-order chi connectivity index (χ1) is 6.70. The van der Waals surface area contributed by atoms with Crippen molar-refractivity contribution in [1.82, 2.24) is 0 Å². The summed E-state index contributed by atoms with van der Waals surface area (Å²) in [6.07, 6.45) is 0. The second-order valence-corrected chi connectivity index (χ2v) is 3.69. The van der Waals surface area contributed by atoms with E-state index in [0.717, 1.165) is 10.0 Å². The van der Waals surface area contributed by atoms with Crippen molar-refractivity contribution >= 4 is 21.9 Å². The van der Waals surface area contributed by atoms with Crippen LogP contribution in [0.3, 0.4) is 0 Å². The summed E-state index contributed by atoms with van der Waals surface area (Å²) in [6, 6.07) is 7.49. The number of benzene rings is 1. The lowest BCUT2D eigenvalue weighted by Crippen LogP contribution is -2.23. The van der Waals surface area contributed by atoms with Crippen LogP contribution in [-0.4, -0.2) is 19.6 Å². The number of methoxy groups -OCH3 is 1. The van der Waals surface area contributed by atoms with Gasteiger partial charge in [0.1, 0.15) is 0 Å². The largest absolute Gasteiger partial charge is 0.469 e. The fourth-order valence-electron chi connectivity index (χ4n) is 1.25. The lowest BCUT2D eigenvalue weighted by Gasteiger charge is -2.13. The Morgan fingerprint density at radius 3 is 2.71 bits per heavy atom. The monoisotopic (exact) mass is 257 g/mol. The van der Waals surface area contributed by atoms with E-state index in [2.05, 4.69) is 20.7 Å². The van der Waals surface area contributed by atoms with Gasteiger partial charge in [-0.2, -0.15) is 0 Å². The van der Waals surface area contributed by atoms with Gasteiger partial charge in [0.15, 0.2) is 0 Å². The van der Waals surface area contributed by atoms with Gasteiger partial charge >= 0.3 is 5.97 Å². The summed E-state index contributed by atoms with van der Waals surface area (Å²) in [5, 5.41) is 0. The van der Waals surface area contributed by atoms with Gasteiger partial charge in [-0.1, -0.05) is 34.1 Å². The van der Waals surface area contributed by atoms with Crippen LogP contribution in [-0.2, 0) is 9.53 Å². The Kier molecular flexibility index (Phi) is 4.10. The third-order valence-corrected chi connectivity index (χ3v) is 2.72. The van der Waals surface area contributed by atoms with E-state index in [1.54, 1.807) is 0 Å². The van der Waals surface area contributed by atoms with Crippen LogP contribution in [0.25, 0.3) is 0 Å². The maximum atomic E-state index is 11.4. The molecule has 0 fully saturated rings. The van der Waals surface area contributed by atoms with Gasteiger partial charge in [-0.3, -0.25) is 4.79 Å². The molecule has 0 radical (unpaired) electrons. The molecule has 1 aromatic carbocycles. The smallest absolute Gasteiger partial charge is 0.314 e. The Morgan fingerprint density at radius 2 is 2.21 bits per heavy atom. The zero-order valence-corrected chi connectivity index (χ0v) is 9.45. The maximum Gasteiger partial charge on any atom is 0.314 e. The van der Waals surface area contributed by atoms with Crippen LogP contribution < -0.4 is 5.73 Å². The minimum absolute atomic E-state index is 0.245. The zero-order valence-electron chi connectivity index (χ0n) is 7.87. The van der Waals surface area contributed by atoms with E-state index in [0.29, 0.717) is 0 Å². The van der Waals surface area contributed by atoms with Crippen molar-refractivity contribution in [3.05, 3.63) is 34.3 Å². The third kappa shape index (κ3) is 2.33. The number of halogens is 1. The fourth-order valence-corrected chi connectivity index (χ4v) is 1.81. The maximum absolute atomic E-state index is 11.4. The molecule has 0 aliphatic heterocycles. The molecule has 1 unspecified atom stereocenters. The molecule has 1 rings (SSSR count). The Bertz CT molecular complexity index is 328. The molecule has 1 atom stereocenters. The summed E-state index contributed by atoms with van der Waals surface area (Å²) < 4.78 is 5.55. The standard InChI is InChI=1S/C10H12BrNO2/c1-14-10(13)8(6-12)7-4-2-3-5-9(7)11/h2-5,8H,6,12H2,1H3. The minimum atomic E-state index is -0.393. The normalized spacial score (nSPS) is 12.2. The average Bonchev–Trinajstić information content (AvgIpc) is 2.21. The van der Waals surface area contributed by atoms with Gasteiger partial charge in [-0.05, 0) is 11.6 Å². The molecule has 2 N–H and O–H groups in total. The lowest BCUT2D eigenvalue weighted by atomic mass is 10.00. The van der Waals surface area contributed by atoms with Crippen LogP contribution in [0.15, 0.2) is 28.7 Å². The average molecular weight is 258 g/mol. The van der Waals surface area contributed by atoms with Crippen molar-refractivity contribution < 1.29 is 9.53 Å². The first-order valence-corrected chi connectivity index (χ1v) is 5.02. The number of hydrogen-bond acceptors (Lipinski definition) is 3. The molecule has 0 amide bonds. The molecule has 0 aliphatic rings. The molecular weight excluding hydrogens is 246 g/mol. The zero-order chi connectivity index (χ0) is 10.6. The number of nitrogens with two attached hydrogens (primary N) is 1. The van der Waals surface area contributed by atoms with E-state index in [9.17, 15) is 4.79 Å². The first kappa shape index (κ1) is 11.2. The van der Waals surface area contributed by atoms with Crippen LogP contribution in [0.4, 0.5) is 0 Å². The molecule has 14 heavy (non-hydrogen) atoms. The van der Waals surface area contributed by atoms with Crippen LogP contribution in [0.1, 0.15) is 11.5 Å². The van der Waals surface area contributed by atoms with E-state index >= 15 is 0 Å². The Hall–Kier alpha value is -0.870. The Balaban J connectivity index is 3.01. The molecule has 0 saturated carbocycles. The van der Waals surface area contributed by atoms with Crippen LogP contribution in [0.5, 0.6) is 0 Å². The van der Waals surface area contributed by atoms with Crippen molar-refractivity contribution in [2.24, 2.45) is 5.73 Å². The van der Waals surface area contributed by atoms with Crippen molar-refractivity contribution in [1.29, 1.82) is 0 Å². The van der Waals surface area contributed by atoms with Gasteiger partial charge < -0.3 is 10.5 Å². The highest BCUT2D eigenvalue weighted by Crippen LogP contribution is 2.24. The second-order valence-electron chi connectivity index (χ2n) is 2.83. The molecule has 76 valence electrons. The van der Waals surface area contributed by atoms with E-state index in [-0.39, 0.29) is 12.5 Å². The molecule has 0 saturated heterocycles. The molecular formula is C10H12BrNO2. The summed E-state index contributed by atoms with van der Waals surface area (Å²) in [4.78, 5) is 11.4. The van der Waals surface area contributed by atoms with Crippen molar-refractivity contribution in [3.8, 4) is 0 Å². The highest BCUT2D eigenvalue weighted by atomic mass is 79.9. The predicted molar refractivity (Wildman–Crippen MR) is 58.0 cm³/mol. The summed E-state index contributed by atoms with van der Waals surface area (Å²) in [6.45, 7) is 0.245. The third-order valence-electron chi connectivity index (χ3n) is 2.00. The molecule has 4 heteroatoms. The van der Waals surface area contributed by atoms with E-state index in [1.807, 2.05) is 24.3 Å². The molecule has 1 aromatic rings. The van der Waals surface area contributed by atoms with Gasteiger partial charge in [0.05, 0.1) is 13.0 Å². The lowest BCUT2D eigenvalue weighted by molar-refractivity contribution is -0.142. The predicted octanol–water partition coefficient (Wildman–Crippen LogP) is 1.66. The van der Waals surface area contributed by atoms with Crippen LogP contribution >= 0.6 is 15.9 Å². The van der Waals surface area contributed by atoms with Crippen LogP contribution in [0.2, 0.25) is 0 Å². The van der Waals surface area contributed by atoms with Gasteiger partial charge in [0, 0.05) is 11.0 Å². The van der Waals surface area contributed by atoms with E-state index in [4.69, 9.17) is 5.73 Å². The molecule has 3 nitrogen and oxygen atoms in total. The summed E-state index contributed by atoms with van der Waals surface area (Å²) in [5.41, 5.74) is 6.39. The SMILES string of the molecule is COC(=O)C(CN)c1ccccc1Br. The molecule has 0 aromatic heterocycles. The number of ether oxygens (including phenoxy) is 1. The van der Waals surface area contributed by atoms with Gasteiger partial charge in [0.2, 0.25) is 0 Å². The second kappa shape index (κ2) is 5.12. The summed E-state index contributed by atoms with van der Waals surface area (Å²) in [7, 11) is 1.36. The molecule has 0 heterocycles. The van der Waals surface area contributed by atoms with Crippen molar-refractivity contribution in [3.63, 3.8) is 0 Å². The number of carbonyl (C=O) groups excluding carboxylic acids is 1. The summed E-state index contributed by atoms with van der Waals surface area (Å²) in [5.74, 6) is -0.699. The fraction of sp³-hybridized carbons (Fsp3) is 0.300. The van der Waals surface area contributed by atoms with E-state index in [1.165, 1.54) is 7.11 Å². The van der Waals surface area contributed by atoms with Gasteiger partial charge in [-0.25, -0.2) is 0 Å². The van der Waals surface area contributed by atoms with E-state index < -0.39 is 5.92 Å². The molecule has 0 bridgehead atoms. The summed E-state index contributed by atoms with van der Waals surface area (Å²) >= 11 is 3.37. The Labute approximate surface area is 91.4 Å². The quantitative estimate of drug-likeness (QED) is 0.839. The first-order valence-electron chi connectivity index (χ1n) is 4.23. The molecule has 0 spiro atoms. The number of rotatable bonds is 3. The molecule has 0 aliphatic carbocycles. The van der Waals surface area contributed by atoms with Gasteiger partial charge in [-0.15, -0.1) is 0 Å². The number of esters is 1. The highest BCUT2D eigenvalue weighted by molar-refractivity contribution is 9.10.